The Kier molecular flexibility index (Phi) is 6.16. The fraction of sp³-hybridized carbons (Fsp3) is 0.316. The fourth-order valence-electron chi connectivity index (χ4n) is 2.35. The molecule has 5 nitrogen and oxygen atoms in total. The van der Waals surface area contributed by atoms with E-state index in [2.05, 4.69) is 0 Å². The number of sulfone groups is 1. The minimum absolute atomic E-state index is 0.0375. The predicted molar refractivity (Wildman–Crippen MR) is 108 cm³/mol. The van der Waals surface area contributed by atoms with E-state index in [1.165, 1.54) is 12.1 Å². The molecule has 1 amide bonds. The van der Waals surface area contributed by atoms with Crippen LogP contribution in [0.3, 0.4) is 0 Å². The first-order chi connectivity index (χ1) is 13.8. The summed E-state index contributed by atoms with van der Waals surface area (Å²) in [6.07, 6.45) is -2.91. The molecule has 0 saturated heterocycles. The number of hydrogen-bond acceptors (Lipinski definition) is 5. The number of hydrogen-bond donors (Lipinski definition) is 2. The zero-order valence-corrected chi connectivity index (χ0v) is 17.9. The molecule has 1 aliphatic carbocycles. The van der Waals surface area contributed by atoms with Gasteiger partial charge in [-0.05, 0) is 62.2 Å². The number of thioether (sulfide) groups is 1. The molecule has 11 heteroatoms. The maximum Gasteiger partial charge on any atom is 0.426 e. The summed E-state index contributed by atoms with van der Waals surface area (Å²) >= 11 is 7.66. The maximum absolute atomic E-state index is 12.8. The predicted octanol–water partition coefficient (Wildman–Crippen LogP) is 4.68. The lowest BCUT2D eigenvalue weighted by Gasteiger charge is -2.25. The Morgan fingerprint density at radius 1 is 1.13 bits per heavy atom. The monoisotopic (exact) mass is 479 g/mol. The normalized spacial score (nSPS) is 16.7. The van der Waals surface area contributed by atoms with Crippen molar-refractivity contribution in [2.45, 2.75) is 51.5 Å². The van der Waals surface area contributed by atoms with Crippen molar-refractivity contribution in [2.75, 3.05) is 5.32 Å². The van der Waals surface area contributed by atoms with E-state index in [9.17, 15) is 31.5 Å². The van der Waals surface area contributed by atoms with E-state index in [0.29, 0.717) is 12.2 Å². The van der Waals surface area contributed by atoms with Gasteiger partial charge in [0, 0.05) is 10.1 Å². The van der Waals surface area contributed by atoms with Crippen molar-refractivity contribution < 1.29 is 31.5 Å². The number of amides is 1. The summed E-state index contributed by atoms with van der Waals surface area (Å²) < 4.78 is 63.9. The van der Waals surface area contributed by atoms with E-state index in [-0.39, 0.29) is 20.5 Å². The Morgan fingerprint density at radius 2 is 1.70 bits per heavy atom. The smallest absolute Gasteiger partial charge is 0.373 e. The topological polar surface area (TPSA) is 83.5 Å². The van der Waals surface area contributed by atoms with Crippen molar-refractivity contribution >= 4 is 44.8 Å². The van der Waals surface area contributed by atoms with Crippen molar-refractivity contribution in [1.82, 2.24) is 0 Å². The molecule has 0 spiro atoms. The van der Waals surface area contributed by atoms with E-state index in [1.807, 2.05) is 5.32 Å². The highest BCUT2D eigenvalue weighted by Gasteiger charge is 2.55. The molecule has 162 valence electrons. The number of nitrogens with one attached hydrogen (secondary N) is 1. The molecule has 1 atom stereocenters. The Labute approximate surface area is 180 Å². The van der Waals surface area contributed by atoms with Crippen LogP contribution in [0.1, 0.15) is 19.8 Å². The third kappa shape index (κ3) is 4.77. The van der Waals surface area contributed by atoms with Gasteiger partial charge in [0.2, 0.25) is 15.4 Å². The second-order valence-corrected chi connectivity index (χ2v) is 10.7. The van der Waals surface area contributed by atoms with E-state index >= 15 is 0 Å². The molecule has 1 saturated carbocycles. The van der Waals surface area contributed by atoms with Crippen molar-refractivity contribution in [3.63, 3.8) is 0 Å². The number of alkyl halides is 3. The molecule has 0 heterocycles. The van der Waals surface area contributed by atoms with Crippen LogP contribution in [0.25, 0.3) is 0 Å². The van der Waals surface area contributed by atoms with Crippen LogP contribution >= 0.6 is 23.4 Å². The highest BCUT2D eigenvalue weighted by Crippen LogP contribution is 2.39. The first-order valence-corrected chi connectivity index (χ1v) is 11.5. The van der Waals surface area contributed by atoms with Gasteiger partial charge in [-0.3, -0.25) is 4.79 Å². The fourth-order valence-corrected chi connectivity index (χ4v) is 4.98. The Hall–Kier alpha value is -1.75. The second-order valence-electron chi connectivity index (χ2n) is 6.96. The van der Waals surface area contributed by atoms with Gasteiger partial charge >= 0.3 is 6.18 Å². The van der Waals surface area contributed by atoms with E-state index < -0.39 is 27.5 Å². The minimum Gasteiger partial charge on any atom is -0.373 e. The summed E-state index contributed by atoms with van der Waals surface area (Å²) in [5, 5.41) is 11.6. The highest BCUT2D eigenvalue weighted by molar-refractivity contribution is 8.00. The highest BCUT2D eigenvalue weighted by atomic mass is 35.5. The van der Waals surface area contributed by atoms with Crippen molar-refractivity contribution in [3.05, 3.63) is 47.5 Å². The molecule has 2 aromatic rings. The number of halogens is 4. The lowest BCUT2D eigenvalue weighted by molar-refractivity contribution is -0.242. The minimum atomic E-state index is -5.20. The van der Waals surface area contributed by atoms with Gasteiger partial charge in [0.1, 0.15) is 0 Å². The number of benzene rings is 2. The molecule has 0 radical (unpaired) electrons. The van der Waals surface area contributed by atoms with Gasteiger partial charge in [0.25, 0.3) is 5.91 Å². The number of carbonyl (C=O) groups excluding carboxylic acids is 1. The molecule has 1 aliphatic rings. The zero-order chi connectivity index (χ0) is 22.3. The molecular weight excluding hydrogens is 463 g/mol. The quantitative estimate of drug-likeness (QED) is 0.628. The molecule has 2 N–H and O–H groups in total. The molecule has 1 fully saturated rings. The molecule has 0 bridgehead atoms. The van der Waals surface area contributed by atoms with Crippen LogP contribution in [0.2, 0.25) is 5.02 Å². The number of carbonyl (C=O) groups is 1. The van der Waals surface area contributed by atoms with Crippen molar-refractivity contribution in [1.29, 1.82) is 0 Å². The molecule has 0 aromatic heterocycles. The lowest BCUT2D eigenvalue weighted by Crippen LogP contribution is -2.52. The average Bonchev–Trinajstić information content (AvgIpc) is 3.46. The van der Waals surface area contributed by atoms with Gasteiger partial charge in [-0.2, -0.15) is 13.2 Å². The zero-order valence-electron chi connectivity index (χ0n) is 15.5. The van der Waals surface area contributed by atoms with Crippen molar-refractivity contribution in [2.24, 2.45) is 0 Å². The van der Waals surface area contributed by atoms with Crippen LogP contribution in [-0.4, -0.2) is 36.5 Å². The number of rotatable bonds is 6. The van der Waals surface area contributed by atoms with Gasteiger partial charge in [-0.1, -0.05) is 11.6 Å². The number of aliphatic hydroxyl groups is 1. The van der Waals surface area contributed by atoms with Crippen molar-refractivity contribution in [3.8, 4) is 0 Å². The van der Waals surface area contributed by atoms with Crippen LogP contribution in [0.15, 0.2) is 57.2 Å². The van der Waals surface area contributed by atoms with Crippen LogP contribution in [0, 0.1) is 0 Å². The van der Waals surface area contributed by atoms with E-state index in [1.54, 1.807) is 23.9 Å². The Balaban J connectivity index is 1.80. The summed E-state index contributed by atoms with van der Waals surface area (Å²) in [5.41, 5.74) is -3.90. The van der Waals surface area contributed by atoms with Gasteiger partial charge in [-0.15, -0.1) is 11.8 Å². The Morgan fingerprint density at radius 3 is 2.20 bits per heavy atom. The molecular formula is C19H17ClF3NO4S2. The maximum atomic E-state index is 12.8. The second kappa shape index (κ2) is 8.07. The van der Waals surface area contributed by atoms with Gasteiger partial charge < -0.3 is 10.4 Å². The SMILES string of the molecule is CC(O)(C(=O)Nc1ccc(S(=O)(=O)c2ccc(SC3CC3)cc2)cc1Cl)C(F)(F)F. The van der Waals surface area contributed by atoms with Crippen LogP contribution in [-0.2, 0) is 14.6 Å². The summed E-state index contributed by atoms with van der Waals surface area (Å²) in [6.45, 7) is 0.306. The third-order valence-corrected chi connectivity index (χ3v) is 7.88. The van der Waals surface area contributed by atoms with Gasteiger partial charge in [-0.25, -0.2) is 8.42 Å². The molecule has 0 aliphatic heterocycles. The van der Waals surface area contributed by atoms with E-state index in [0.717, 1.165) is 35.9 Å². The Bertz CT molecular complexity index is 1070. The average molecular weight is 480 g/mol. The van der Waals surface area contributed by atoms with Gasteiger partial charge in [0.05, 0.1) is 20.5 Å². The standard InChI is InChI=1S/C19H17ClF3NO4S2/c1-18(26,19(21,22)23)17(25)24-16-9-8-14(10-15(16)20)30(27,28)13-6-4-12(5-7-13)29-11-2-3-11/h4-11,26H,2-3H2,1H3,(H,24,25). The van der Waals surface area contributed by atoms with Gasteiger partial charge in [0.15, 0.2) is 0 Å². The summed E-state index contributed by atoms with van der Waals surface area (Å²) in [7, 11) is -3.92. The molecule has 30 heavy (non-hydrogen) atoms. The first-order valence-electron chi connectivity index (χ1n) is 8.74. The summed E-state index contributed by atoms with van der Waals surface area (Å²) in [4.78, 5) is 12.6. The summed E-state index contributed by atoms with van der Waals surface area (Å²) in [5.74, 6) is -1.74. The summed E-state index contributed by atoms with van der Waals surface area (Å²) in [6, 6.07) is 9.59. The van der Waals surface area contributed by atoms with Crippen LogP contribution < -0.4 is 5.32 Å². The van der Waals surface area contributed by atoms with Crippen LogP contribution in [0.4, 0.5) is 18.9 Å². The molecule has 2 aromatic carbocycles. The molecule has 1 unspecified atom stereocenters. The lowest BCUT2D eigenvalue weighted by atomic mass is 10.1. The first kappa shape index (κ1) is 22.9. The largest absolute Gasteiger partial charge is 0.426 e. The molecule has 3 rings (SSSR count). The third-order valence-electron chi connectivity index (χ3n) is 4.45. The van der Waals surface area contributed by atoms with E-state index in [4.69, 9.17) is 11.6 Å². The number of anilines is 1. The van der Waals surface area contributed by atoms with Crippen LogP contribution in [0.5, 0.6) is 0 Å².